The van der Waals surface area contributed by atoms with E-state index in [1.807, 2.05) is 11.0 Å². The molecule has 1 aliphatic heterocycles. The molecule has 1 aliphatic rings. The number of anilines is 1. The fourth-order valence-electron chi connectivity index (χ4n) is 2.63. The maximum atomic E-state index is 12.1. The largest absolute Gasteiger partial charge is 0.312 e. The van der Waals surface area contributed by atoms with Crippen molar-refractivity contribution in [2.75, 3.05) is 11.4 Å². The summed E-state index contributed by atoms with van der Waals surface area (Å²) in [6.07, 6.45) is 3.96. The van der Waals surface area contributed by atoms with E-state index in [1.165, 1.54) is 10.8 Å². The summed E-state index contributed by atoms with van der Waals surface area (Å²) in [7, 11) is 0. The van der Waals surface area contributed by atoms with Gasteiger partial charge in [0.15, 0.2) is 0 Å². The second-order valence-corrected chi connectivity index (χ2v) is 5.95. The molecule has 1 amide bonds. The first-order chi connectivity index (χ1) is 9.24. The highest BCUT2D eigenvalue weighted by molar-refractivity contribution is 9.10. The molecule has 1 saturated heterocycles. The van der Waals surface area contributed by atoms with Gasteiger partial charge in [0.05, 0.1) is 0 Å². The quantitative estimate of drug-likeness (QED) is 0.757. The lowest BCUT2D eigenvalue weighted by Crippen LogP contribution is -2.29. The minimum Gasteiger partial charge on any atom is -0.312 e. The number of hydrogen-bond donors (Lipinski definition) is 0. The van der Waals surface area contributed by atoms with Crippen LogP contribution in [0.1, 0.15) is 25.7 Å². The number of carbonyl (C=O) groups excluding carboxylic acids is 1. The molecule has 19 heavy (non-hydrogen) atoms. The molecule has 98 valence electrons. The molecule has 0 radical (unpaired) electrons. The Bertz CT molecular complexity index is 623. The highest BCUT2D eigenvalue weighted by Crippen LogP contribution is 2.27. The summed E-state index contributed by atoms with van der Waals surface area (Å²) in [6.45, 7) is 0.848. The van der Waals surface area contributed by atoms with E-state index in [-0.39, 0.29) is 5.91 Å². The van der Waals surface area contributed by atoms with Crippen molar-refractivity contribution in [1.29, 1.82) is 0 Å². The Labute approximate surface area is 121 Å². The number of benzene rings is 2. The van der Waals surface area contributed by atoms with Crippen molar-refractivity contribution in [2.24, 2.45) is 0 Å². The molecule has 0 bridgehead atoms. The average molecular weight is 318 g/mol. The second-order valence-electron chi connectivity index (χ2n) is 5.03. The van der Waals surface area contributed by atoms with Gasteiger partial charge in [-0.15, -0.1) is 0 Å². The Balaban J connectivity index is 2.00. The lowest BCUT2D eigenvalue weighted by Gasteiger charge is -2.21. The van der Waals surface area contributed by atoms with E-state index in [9.17, 15) is 4.79 Å². The summed E-state index contributed by atoms with van der Waals surface area (Å²) in [5.41, 5.74) is 1.03. The third-order valence-electron chi connectivity index (χ3n) is 3.67. The molecule has 1 fully saturated rings. The average Bonchev–Trinajstić information content (AvgIpc) is 2.63. The van der Waals surface area contributed by atoms with Crippen molar-refractivity contribution in [1.82, 2.24) is 0 Å². The zero-order valence-corrected chi connectivity index (χ0v) is 12.3. The number of carbonyl (C=O) groups is 1. The van der Waals surface area contributed by atoms with E-state index in [0.717, 1.165) is 36.0 Å². The van der Waals surface area contributed by atoms with Crippen molar-refractivity contribution < 1.29 is 4.79 Å². The Morgan fingerprint density at radius 3 is 2.63 bits per heavy atom. The normalized spacial score (nSPS) is 16.7. The summed E-state index contributed by atoms with van der Waals surface area (Å²) in [4.78, 5) is 14.1. The van der Waals surface area contributed by atoms with Gasteiger partial charge in [-0.3, -0.25) is 4.79 Å². The van der Waals surface area contributed by atoms with Crippen molar-refractivity contribution in [3.8, 4) is 0 Å². The monoisotopic (exact) mass is 317 g/mol. The van der Waals surface area contributed by atoms with Gasteiger partial charge in [0, 0.05) is 23.1 Å². The number of amides is 1. The molecule has 0 spiro atoms. The van der Waals surface area contributed by atoms with Crippen molar-refractivity contribution >= 4 is 38.3 Å². The fourth-order valence-corrected chi connectivity index (χ4v) is 3.01. The fraction of sp³-hybridized carbons (Fsp3) is 0.312. The molecule has 2 aromatic rings. The van der Waals surface area contributed by atoms with Crippen molar-refractivity contribution in [3.05, 3.63) is 40.9 Å². The maximum absolute atomic E-state index is 12.1. The summed E-state index contributed by atoms with van der Waals surface area (Å²) in [5.74, 6) is 0.258. The molecule has 3 rings (SSSR count). The minimum absolute atomic E-state index is 0.258. The standard InChI is InChI=1S/C16H16BrNO/c17-14-7-5-13-11-15(8-6-12(13)10-14)18-9-3-1-2-4-16(18)19/h5-8,10-11H,1-4,9H2. The van der Waals surface area contributed by atoms with Gasteiger partial charge in [-0.25, -0.2) is 0 Å². The van der Waals surface area contributed by atoms with Crippen LogP contribution in [0, 0.1) is 0 Å². The third-order valence-corrected chi connectivity index (χ3v) is 4.16. The van der Waals surface area contributed by atoms with Crippen molar-refractivity contribution in [2.45, 2.75) is 25.7 Å². The van der Waals surface area contributed by atoms with Gasteiger partial charge < -0.3 is 4.90 Å². The van der Waals surface area contributed by atoms with Crippen LogP contribution in [0.25, 0.3) is 10.8 Å². The first-order valence-corrected chi connectivity index (χ1v) is 7.53. The Hall–Kier alpha value is -1.35. The minimum atomic E-state index is 0.258. The molecule has 0 saturated carbocycles. The van der Waals surface area contributed by atoms with Crippen LogP contribution in [0.4, 0.5) is 5.69 Å². The number of nitrogens with zero attached hydrogens (tertiary/aromatic N) is 1. The number of halogens is 1. The predicted molar refractivity (Wildman–Crippen MR) is 82.5 cm³/mol. The molecule has 2 aromatic carbocycles. The van der Waals surface area contributed by atoms with Gasteiger partial charge in [-0.05, 0) is 47.9 Å². The Morgan fingerprint density at radius 2 is 1.74 bits per heavy atom. The summed E-state index contributed by atoms with van der Waals surface area (Å²) >= 11 is 3.48. The summed E-state index contributed by atoms with van der Waals surface area (Å²) in [6, 6.07) is 12.5. The Kier molecular flexibility index (Phi) is 3.56. The Morgan fingerprint density at radius 1 is 0.947 bits per heavy atom. The predicted octanol–water partition coefficient (Wildman–Crippen LogP) is 4.51. The maximum Gasteiger partial charge on any atom is 0.226 e. The zero-order chi connectivity index (χ0) is 13.2. The molecule has 0 atom stereocenters. The first kappa shape index (κ1) is 12.7. The molecule has 0 unspecified atom stereocenters. The van der Waals surface area contributed by atoms with Crippen molar-refractivity contribution in [3.63, 3.8) is 0 Å². The molecular formula is C16H16BrNO. The van der Waals surface area contributed by atoms with Crippen LogP contribution in [0.2, 0.25) is 0 Å². The van der Waals surface area contributed by atoms with E-state index in [2.05, 4.69) is 46.3 Å². The summed E-state index contributed by atoms with van der Waals surface area (Å²) < 4.78 is 1.08. The molecule has 2 nitrogen and oxygen atoms in total. The SMILES string of the molecule is O=C1CCCCCN1c1ccc2cc(Br)ccc2c1. The van der Waals surface area contributed by atoms with Gasteiger partial charge in [-0.2, -0.15) is 0 Å². The molecule has 0 aliphatic carbocycles. The highest BCUT2D eigenvalue weighted by atomic mass is 79.9. The smallest absolute Gasteiger partial charge is 0.226 e. The van der Waals surface area contributed by atoms with E-state index < -0.39 is 0 Å². The zero-order valence-electron chi connectivity index (χ0n) is 10.7. The number of rotatable bonds is 1. The van der Waals surface area contributed by atoms with Gasteiger partial charge in [0.1, 0.15) is 0 Å². The summed E-state index contributed by atoms with van der Waals surface area (Å²) in [5, 5.41) is 2.37. The van der Waals surface area contributed by atoms with Crippen LogP contribution in [0.15, 0.2) is 40.9 Å². The van der Waals surface area contributed by atoms with E-state index in [4.69, 9.17) is 0 Å². The highest BCUT2D eigenvalue weighted by Gasteiger charge is 2.18. The van der Waals surface area contributed by atoms with Gasteiger partial charge in [-0.1, -0.05) is 34.5 Å². The number of fused-ring (bicyclic) bond motifs is 1. The topological polar surface area (TPSA) is 20.3 Å². The molecule has 0 N–H and O–H groups in total. The molecule has 3 heteroatoms. The van der Waals surface area contributed by atoms with E-state index in [0.29, 0.717) is 6.42 Å². The van der Waals surface area contributed by atoms with Crippen LogP contribution in [-0.2, 0) is 4.79 Å². The number of hydrogen-bond acceptors (Lipinski definition) is 1. The van der Waals surface area contributed by atoms with Crippen LogP contribution >= 0.6 is 15.9 Å². The third kappa shape index (κ3) is 2.66. The lowest BCUT2D eigenvalue weighted by molar-refractivity contribution is -0.118. The van der Waals surface area contributed by atoms with Crippen LogP contribution in [0.5, 0.6) is 0 Å². The molecular weight excluding hydrogens is 302 g/mol. The van der Waals surface area contributed by atoms with Gasteiger partial charge in [0.25, 0.3) is 0 Å². The second kappa shape index (κ2) is 5.33. The van der Waals surface area contributed by atoms with E-state index >= 15 is 0 Å². The van der Waals surface area contributed by atoms with Crippen LogP contribution < -0.4 is 4.90 Å². The first-order valence-electron chi connectivity index (χ1n) is 6.74. The van der Waals surface area contributed by atoms with Crippen LogP contribution in [-0.4, -0.2) is 12.5 Å². The molecule has 1 heterocycles. The molecule has 0 aromatic heterocycles. The lowest BCUT2D eigenvalue weighted by atomic mass is 10.1. The van der Waals surface area contributed by atoms with Crippen LogP contribution in [0.3, 0.4) is 0 Å². The van der Waals surface area contributed by atoms with Gasteiger partial charge in [0.2, 0.25) is 5.91 Å². The van der Waals surface area contributed by atoms with E-state index in [1.54, 1.807) is 0 Å². The van der Waals surface area contributed by atoms with Gasteiger partial charge >= 0.3 is 0 Å².